The third-order valence-electron chi connectivity index (χ3n) is 3.20. The molecule has 0 spiro atoms. The monoisotopic (exact) mass is 246 g/mol. The average molecular weight is 246 g/mol. The van der Waals surface area contributed by atoms with Crippen molar-refractivity contribution in [3.05, 3.63) is 24.4 Å². The minimum absolute atomic E-state index is 0.777. The van der Waals surface area contributed by atoms with Crippen molar-refractivity contribution in [2.45, 2.75) is 31.7 Å². The summed E-state index contributed by atoms with van der Waals surface area (Å²) in [5.41, 5.74) is 0.963. The second-order valence-corrected chi connectivity index (χ2v) is 4.79. The number of hydrogen-bond donors (Lipinski definition) is 1. The van der Waals surface area contributed by atoms with Gasteiger partial charge in [-0.15, -0.1) is 0 Å². The zero-order valence-electron chi connectivity index (χ0n) is 10.6. The van der Waals surface area contributed by atoms with Crippen LogP contribution in [0.1, 0.15) is 25.2 Å². The number of hydrogen-bond acceptors (Lipinski definition) is 4. The van der Waals surface area contributed by atoms with Crippen LogP contribution >= 0.6 is 0 Å². The lowest BCUT2D eigenvalue weighted by atomic mass is 10.3. The number of nitrogens with one attached hydrogen (secondary N) is 1. The summed E-state index contributed by atoms with van der Waals surface area (Å²) in [6.07, 6.45) is 8.17. The van der Waals surface area contributed by atoms with Crippen LogP contribution in [-0.2, 0) is 13.5 Å². The molecular formula is C13H18N4O. The molecule has 1 saturated carbocycles. The first-order valence-electron chi connectivity index (χ1n) is 6.49. The maximum Gasteiger partial charge on any atom is 0.195 e. The SMILES string of the molecule is Cn1nccc1-c1cnc(CCCNC2CC2)o1. The Morgan fingerprint density at radius 2 is 2.39 bits per heavy atom. The molecule has 0 aliphatic heterocycles. The van der Waals surface area contributed by atoms with Gasteiger partial charge in [-0.05, 0) is 31.9 Å². The third kappa shape index (κ3) is 2.61. The van der Waals surface area contributed by atoms with E-state index in [1.807, 2.05) is 13.1 Å². The predicted octanol–water partition coefficient (Wildman–Crippen LogP) is 1.76. The van der Waals surface area contributed by atoms with Crippen molar-refractivity contribution in [1.82, 2.24) is 20.1 Å². The number of aromatic nitrogens is 3. The van der Waals surface area contributed by atoms with E-state index in [0.717, 1.165) is 42.8 Å². The Kier molecular flexibility index (Phi) is 3.15. The topological polar surface area (TPSA) is 55.9 Å². The van der Waals surface area contributed by atoms with E-state index in [4.69, 9.17) is 4.42 Å². The maximum atomic E-state index is 5.73. The molecule has 2 heterocycles. The molecule has 0 unspecified atom stereocenters. The molecule has 1 aliphatic carbocycles. The van der Waals surface area contributed by atoms with E-state index in [1.165, 1.54) is 12.8 Å². The van der Waals surface area contributed by atoms with E-state index in [0.29, 0.717) is 0 Å². The largest absolute Gasteiger partial charge is 0.439 e. The predicted molar refractivity (Wildman–Crippen MR) is 68.1 cm³/mol. The zero-order chi connectivity index (χ0) is 12.4. The van der Waals surface area contributed by atoms with Gasteiger partial charge in [-0.1, -0.05) is 0 Å². The number of rotatable bonds is 6. The van der Waals surface area contributed by atoms with E-state index in [-0.39, 0.29) is 0 Å². The number of aryl methyl sites for hydroxylation is 2. The van der Waals surface area contributed by atoms with Crippen LogP contribution in [0, 0.1) is 0 Å². The Morgan fingerprint density at radius 1 is 1.50 bits per heavy atom. The van der Waals surface area contributed by atoms with Gasteiger partial charge in [-0.25, -0.2) is 4.98 Å². The Morgan fingerprint density at radius 3 is 3.11 bits per heavy atom. The van der Waals surface area contributed by atoms with Gasteiger partial charge in [-0.3, -0.25) is 4.68 Å². The minimum Gasteiger partial charge on any atom is -0.439 e. The van der Waals surface area contributed by atoms with Crippen LogP contribution in [0.25, 0.3) is 11.5 Å². The molecule has 96 valence electrons. The molecule has 5 heteroatoms. The van der Waals surface area contributed by atoms with E-state index in [9.17, 15) is 0 Å². The Hall–Kier alpha value is -1.62. The van der Waals surface area contributed by atoms with E-state index >= 15 is 0 Å². The quantitative estimate of drug-likeness (QED) is 0.789. The molecule has 0 amide bonds. The summed E-state index contributed by atoms with van der Waals surface area (Å²) in [4.78, 5) is 4.31. The van der Waals surface area contributed by atoms with Gasteiger partial charge in [0.1, 0.15) is 5.69 Å². The first-order chi connectivity index (χ1) is 8.83. The summed E-state index contributed by atoms with van der Waals surface area (Å²) in [5, 5.41) is 7.61. The minimum atomic E-state index is 0.777. The second-order valence-electron chi connectivity index (χ2n) is 4.79. The van der Waals surface area contributed by atoms with Crippen LogP contribution in [0.5, 0.6) is 0 Å². The van der Waals surface area contributed by atoms with Gasteiger partial charge in [0, 0.05) is 25.7 Å². The molecule has 0 bridgehead atoms. The van der Waals surface area contributed by atoms with Gasteiger partial charge in [0.15, 0.2) is 11.7 Å². The lowest BCUT2D eigenvalue weighted by molar-refractivity contribution is 0.487. The van der Waals surface area contributed by atoms with Crippen LogP contribution in [0.3, 0.4) is 0 Å². The molecule has 2 aromatic heterocycles. The molecule has 18 heavy (non-hydrogen) atoms. The molecule has 0 atom stereocenters. The number of nitrogens with zero attached hydrogens (tertiary/aromatic N) is 3. The molecule has 0 radical (unpaired) electrons. The van der Waals surface area contributed by atoms with Gasteiger partial charge >= 0.3 is 0 Å². The molecule has 5 nitrogen and oxygen atoms in total. The van der Waals surface area contributed by atoms with Gasteiger partial charge in [0.05, 0.1) is 6.20 Å². The van der Waals surface area contributed by atoms with Crippen molar-refractivity contribution in [2.75, 3.05) is 6.54 Å². The van der Waals surface area contributed by atoms with Gasteiger partial charge in [-0.2, -0.15) is 5.10 Å². The fourth-order valence-electron chi connectivity index (χ4n) is 1.99. The molecule has 1 N–H and O–H groups in total. The zero-order valence-corrected chi connectivity index (χ0v) is 10.6. The molecule has 3 rings (SSSR count). The van der Waals surface area contributed by atoms with E-state index < -0.39 is 0 Å². The van der Waals surface area contributed by atoms with Crippen molar-refractivity contribution in [3.63, 3.8) is 0 Å². The Balaban J connectivity index is 1.54. The summed E-state index contributed by atoms with van der Waals surface area (Å²) in [6.45, 7) is 1.05. The van der Waals surface area contributed by atoms with Crippen molar-refractivity contribution in [1.29, 1.82) is 0 Å². The van der Waals surface area contributed by atoms with Gasteiger partial charge in [0.25, 0.3) is 0 Å². The van der Waals surface area contributed by atoms with Gasteiger partial charge in [0.2, 0.25) is 0 Å². The molecule has 1 fully saturated rings. The first-order valence-corrected chi connectivity index (χ1v) is 6.49. The second kappa shape index (κ2) is 4.94. The highest BCUT2D eigenvalue weighted by Crippen LogP contribution is 2.20. The van der Waals surface area contributed by atoms with Crippen LogP contribution in [0.4, 0.5) is 0 Å². The summed E-state index contributed by atoms with van der Waals surface area (Å²) >= 11 is 0. The Labute approximate surface area is 106 Å². The highest BCUT2D eigenvalue weighted by molar-refractivity contribution is 5.50. The summed E-state index contributed by atoms with van der Waals surface area (Å²) < 4.78 is 7.52. The smallest absolute Gasteiger partial charge is 0.195 e. The van der Waals surface area contributed by atoms with E-state index in [1.54, 1.807) is 17.1 Å². The van der Waals surface area contributed by atoms with Crippen LogP contribution in [-0.4, -0.2) is 27.4 Å². The molecular weight excluding hydrogens is 228 g/mol. The fraction of sp³-hybridized carbons (Fsp3) is 0.538. The average Bonchev–Trinajstić information content (AvgIpc) is 2.90. The van der Waals surface area contributed by atoms with Crippen LogP contribution in [0.15, 0.2) is 22.9 Å². The third-order valence-corrected chi connectivity index (χ3v) is 3.20. The standard InChI is InChI=1S/C13H18N4O/c1-17-11(6-8-16-17)12-9-15-13(18-12)3-2-7-14-10-4-5-10/h6,8-10,14H,2-5,7H2,1H3. The molecule has 0 saturated heterocycles. The molecule has 0 aromatic carbocycles. The highest BCUT2D eigenvalue weighted by Gasteiger charge is 2.19. The van der Waals surface area contributed by atoms with E-state index in [2.05, 4.69) is 15.4 Å². The fourth-order valence-corrected chi connectivity index (χ4v) is 1.99. The summed E-state index contributed by atoms with van der Waals surface area (Å²) in [6, 6.07) is 2.71. The summed E-state index contributed by atoms with van der Waals surface area (Å²) in [7, 11) is 1.90. The maximum absolute atomic E-state index is 5.73. The lowest BCUT2D eigenvalue weighted by Crippen LogP contribution is -2.17. The van der Waals surface area contributed by atoms with Gasteiger partial charge < -0.3 is 9.73 Å². The van der Waals surface area contributed by atoms with Crippen molar-refractivity contribution >= 4 is 0 Å². The van der Waals surface area contributed by atoms with Crippen molar-refractivity contribution in [2.24, 2.45) is 7.05 Å². The van der Waals surface area contributed by atoms with Crippen molar-refractivity contribution in [3.8, 4) is 11.5 Å². The lowest BCUT2D eigenvalue weighted by Gasteiger charge is -2.00. The molecule has 1 aliphatic rings. The van der Waals surface area contributed by atoms with Crippen LogP contribution in [0.2, 0.25) is 0 Å². The number of oxazole rings is 1. The summed E-state index contributed by atoms with van der Waals surface area (Å²) in [5.74, 6) is 1.60. The van der Waals surface area contributed by atoms with Crippen LogP contribution < -0.4 is 5.32 Å². The highest BCUT2D eigenvalue weighted by atomic mass is 16.4. The normalized spacial score (nSPS) is 15.2. The first kappa shape index (κ1) is 11.5. The molecule has 2 aromatic rings. The van der Waals surface area contributed by atoms with Crippen molar-refractivity contribution < 1.29 is 4.42 Å². The Bertz CT molecular complexity index is 513.